The molecule has 0 aliphatic rings. The number of aliphatic hydroxyl groups excluding tert-OH is 1. The Morgan fingerprint density at radius 2 is 2.33 bits per heavy atom. The summed E-state index contributed by atoms with van der Waals surface area (Å²) in [4.78, 5) is 13.1. The predicted molar refractivity (Wildman–Crippen MR) is 82.9 cm³/mol. The van der Waals surface area contributed by atoms with Gasteiger partial charge in [-0.15, -0.1) is 11.3 Å². The highest BCUT2D eigenvalue weighted by atomic mass is 32.1. The topological polar surface area (TPSA) is 73.6 Å². The minimum atomic E-state index is -0.0332. The van der Waals surface area contributed by atoms with Gasteiger partial charge in [0.1, 0.15) is 6.07 Å². The first-order valence-corrected chi connectivity index (χ1v) is 7.07. The van der Waals surface area contributed by atoms with Crippen LogP contribution in [0.5, 0.6) is 0 Å². The third-order valence-electron chi connectivity index (χ3n) is 2.96. The number of allylic oxidation sites excluding steroid dienone is 1. The van der Waals surface area contributed by atoms with Crippen LogP contribution in [0.4, 0.5) is 5.69 Å². The van der Waals surface area contributed by atoms with E-state index in [4.69, 9.17) is 10.4 Å². The van der Waals surface area contributed by atoms with Gasteiger partial charge < -0.3 is 14.7 Å². The van der Waals surface area contributed by atoms with Gasteiger partial charge in [0.15, 0.2) is 0 Å². The lowest BCUT2D eigenvalue weighted by Crippen LogP contribution is -2.20. The molecule has 1 heterocycles. The van der Waals surface area contributed by atoms with E-state index in [0.717, 1.165) is 20.7 Å². The molecule has 0 spiro atoms. The molecule has 0 fully saturated rings. The van der Waals surface area contributed by atoms with Crippen LogP contribution in [0.3, 0.4) is 0 Å². The van der Waals surface area contributed by atoms with Gasteiger partial charge in [-0.3, -0.25) is 4.79 Å². The van der Waals surface area contributed by atoms with Gasteiger partial charge in [-0.2, -0.15) is 5.26 Å². The monoisotopic (exact) mass is 302 g/mol. The summed E-state index contributed by atoms with van der Waals surface area (Å²) in [6, 6.07) is 9.74. The number of aliphatic hydroxyl groups is 1. The zero-order chi connectivity index (χ0) is 15.2. The molecule has 5 nitrogen and oxygen atoms in total. The van der Waals surface area contributed by atoms with Crippen molar-refractivity contribution in [3.8, 4) is 6.07 Å². The van der Waals surface area contributed by atoms with E-state index < -0.39 is 0 Å². The Morgan fingerprint density at radius 1 is 1.52 bits per heavy atom. The Hall–Kier alpha value is -2.36. The molecule has 0 aliphatic carbocycles. The van der Waals surface area contributed by atoms with E-state index in [-0.39, 0.29) is 18.8 Å². The van der Waals surface area contributed by atoms with Crippen LogP contribution in [0, 0.1) is 11.3 Å². The van der Waals surface area contributed by atoms with Gasteiger partial charge in [0.05, 0.1) is 6.61 Å². The number of fused-ring (bicyclic) bond motifs is 1. The quantitative estimate of drug-likeness (QED) is 0.504. The van der Waals surface area contributed by atoms with E-state index in [0.29, 0.717) is 6.54 Å². The lowest BCUT2D eigenvalue weighted by atomic mass is 10.2. The molecule has 1 N–H and O–H groups in total. The third-order valence-corrected chi connectivity index (χ3v) is 4.00. The summed E-state index contributed by atoms with van der Waals surface area (Å²) in [7, 11) is 1.91. The van der Waals surface area contributed by atoms with Crippen LogP contribution in [0.25, 0.3) is 16.2 Å². The van der Waals surface area contributed by atoms with E-state index >= 15 is 0 Å². The number of rotatable bonds is 6. The van der Waals surface area contributed by atoms with Crippen molar-refractivity contribution in [2.24, 2.45) is 0 Å². The lowest BCUT2D eigenvalue weighted by molar-refractivity contribution is -0.124. The van der Waals surface area contributed by atoms with Crippen LogP contribution in [-0.4, -0.2) is 31.8 Å². The summed E-state index contributed by atoms with van der Waals surface area (Å²) < 4.78 is 5.64. The Kier molecular flexibility index (Phi) is 4.93. The summed E-state index contributed by atoms with van der Waals surface area (Å²) in [5.74, 6) is -0.0332. The first-order valence-electron chi connectivity index (χ1n) is 6.25. The second kappa shape index (κ2) is 6.88. The summed E-state index contributed by atoms with van der Waals surface area (Å²) in [6.07, 6.45) is 1.54. The average Bonchev–Trinajstić information content (AvgIpc) is 2.88. The number of likely N-dealkylation sites (N-methyl/N-ethyl adjacent to an activating group) is 1. The second-order valence-electron chi connectivity index (χ2n) is 4.35. The zero-order valence-electron chi connectivity index (χ0n) is 11.4. The van der Waals surface area contributed by atoms with Gasteiger partial charge in [0.25, 0.3) is 6.47 Å². The number of benzene rings is 1. The number of nitrogens with zero attached hydrogens (tertiary/aromatic N) is 2. The Balaban J connectivity index is 2.34. The average molecular weight is 302 g/mol. The SMILES string of the molecule is CN(CCO)c1ccc2cc(/C=C(/C#N)OC=O)sc2c1. The van der Waals surface area contributed by atoms with Crippen molar-refractivity contribution < 1.29 is 14.6 Å². The molecular weight excluding hydrogens is 288 g/mol. The largest absolute Gasteiger partial charge is 0.417 e. The molecule has 0 saturated carbocycles. The maximum atomic E-state index is 10.3. The fourth-order valence-corrected chi connectivity index (χ4v) is 2.93. The minimum Gasteiger partial charge on any atom is -0.417 e. The smallest absolute Gasteiger partial charge is 0.299 e. The van der Waals surface area contributed by atoms with Gasteiger partial charge in [-0.05, 0) is 23.6 Å². The molecule has 0 amide bonds. The molecule has 0 radical (unpaired) electrons. The van der Waals surface area contributed by atoms with E-state index in [1.54, 1.807) is 0 Å². The van der Waals surface area contributed by atoms with E-state index in [1.165, 1.54) is 17.4 Å². The minimum absolute atomic E-state index is 0.0332. The number of ether oxygens (including phenoxy) is 1. The van der Waals surface area contributed by atoms with E-state index in [9.17, 15) is 4.79 Å². The maximum absolute atomic E-state index is 10.3. The van der Waals surface area contributed by atoms with Crippen molar-refractivity contribution in [3.05, 3.63) is 34.9 Å². The van der Waals surface area contributed by atoms with Gasteiger partial charge in [0, 0.05) is 34.9 Å². The van der Waals surface area contributed by atoms with Crippen LogP contribution in [0.2, 0.25) is 0 Å². The molecule has 2 rings (SSSR count). The van der Waals surface area contributed by atoms with E-state index in [2.05, 4.69) is 4.74 Å². The molecule has 1 aromatic heterocycles. The Bertz CT molecular complexity index is 715. The molecule has 108 valence electrons. The zero-order valence-corrected chi connectivity index (χ0v) is 12.3. The number of thiophene rings is 1. The van der Waals surface area contributed by atoms with Gasteiger partial charge in [-0.25, -0.2) is 0 Å². The van der Waals surface area contributed by atoms with Gasteiger partial charge in [0.2, 0.25) is 5.76 Å². The van der Waals surface area contributed by atoms with Gasteiger partial charge in [-0.1, -0.05) is 6.07 Å². The van der Waals surface area contributed by atoms with Crippen molar-refractivity contribution >= 4 is 39.7 Å². The van der Waals surface area contributed by atoms with Crippen molar-refractivity contribution in [3.63, 3.8) is 0 Å². The number of hydrogen-bond acceptors (Lipinski definition) is 6. The second-order valence-corrected chi connectivity index (χ2v) is 5.47. The van der Waals surface area contributed by atoms with Crippen molar-refractivity contribution in [2.75, 3.05) is 25.1 Å². The molecule has 0 bridgehead atoms. The number of carbonyl (C=O) groups excluding carboxylic acids is 1. The highest BCUT2D eigenvalue weighted by molar-refractivity contribution is 7.19. The fraction of sp³-hybridized carbons (Fsp3) is 0.200. The number of hydrogen-bond donors (Lipinski definition) is 1. The molecule has 0 unspecified atom stereocenters. The standard InChI is InChI=1S/C15H14N2O3S/c1-17(4-5-18)12-3-2-11-6-14(21-15(11)7-12)8-13(9-16)20-10-19/h2-3,6-8,10,18H,4-5H2,1H3/b13-8-. The third kappa shape index (κ3) is 3.60. The predicted octanol–water partition coefficient (Wildman–Crippen LogP) is 2.37. The molecule has 0 saturated heterocycles. The number of anilines is 1. The molecule has 0 aliphatic heterocycles. The maximum Gasteiger partial charge on any atom is 0.299 e. The first kappa shape index (κ1) is 15.0. The van der Waals surface area contributed by atoms with Gasteiger partial charge >= 0.3 is 0 Å². The van der Waals surface area contributed by atoms with Crippen molar-refractivity contribution in [2.45, 2.75) is 0 Å². The number of carbonyl (C=O) groups is 1. The highest BCUT2D eigenvalue weighted by Gasteiger charge is 2.06. The molecule has 0 atom stereocenters. The molecular formula is C15H14N2O3S. The normalized spacial score (nSPS) is 11.2. The molecule has 2 aromatic rings. The van der Waals surface area contributed by atoms with Crippen LogP contribution in [0.15, 0.2) is 30.0 Å². The number of nitriles is 1. The molecule has 6 heteroatoms. The Labute approximate surface area is 126 Å². The van der Waals surface area contributed by atoms with Crippen LogP contribution in [0.1, 0.15) is 4.88 Å². The lowest BCUT2D eigenvalue weighted by Gasteiger charge is -2.17. The summed E-state index contributed by atoms with van der Waals surface area (Å²) in [6.45, 7) is 0.904. The van der Waals surface area contributed by atoms with Crippen molar-refractivity contribution in [1.29, 1.82) is 5.26 Å². The summed E-state index contributed by atoms with van der Waals surface area (Å²) >= 11 is 1.50. The molecule has 21 heavy (non-hydrogen) atoms. The highest BCUT2D eigenvalue weighted by Crippen LogP contribution is 2.30. The summed E-state index contributed by atoms with van der Waals surface area (Å²) in [5.41, 5.74) is 1.01. The van der Waals surface area contributed by atoms with Crippen LogP contribution < -0.4 is 4.90 Å². The van der Waals surface area contributed by atoms with E-state index in [1.807, 2.05) is 42.3 Å². The fourth-order valence-electron chi connectivity index (χ4n) is 1.90. The van der Waals surface area contributed by atoms with Crippen LogP contribution in [-0.2, 0) is 9.53 Å². The van der Waals surface area contributed by atoms with Crippen LogP contribution >= 0.6 is 11.3 Å². The van der Waals surface area contributed by atoms with Crippen molar-refractivity contribution in [1.82, 2.24) is 0 Å². The summed E-state index contributed by atoms with van der Waals surface area (Å²) in [5, 5.41) is 18.9. The first-order chi connectivity index (χ1) is 10.2. The Morgan fingerprint density at radius 3 is 3.00 bits per heavy atom. The molecule has 1 aromatic carbocycles.